The Bertz CT molecular complexity index is 1910. The molecule has 0 fully saturated rings. The van der Waals surface area contributed by atoms with Gasteiger partial charge in [-0.2, -0.15) is 18.4 Å². The van der Waals surface area contributed by atoms with Crippen molar-refractivity contribution in [3.8, 4) is 11.8 Å². The predicted octanol–water partition coefficient (Wildman–Crippen LogP) is 3.93. The van der Waals surface area contributed by atoms with Crippen LogP contribution in [0.2, 0.25) is 0 Å². The summed E-state index contributed by atoms with van der Waals surface area (Å²) < 4.78 is 78.2. The van der Waals surface area contributed by atoms with Crippen LogP contribution in [0, 0.1) is 18.3 Å². The van der Waals surface area contributed by atoms with Crippen molar-refractivity contribution in [1.82, 2.24) is 14.9 Å². The Balaban J connectivity index is 1.80. The van der Waals surface area contributed by atoms with Gasteiger partial charge in [0.05, 0.1) is 20.9 Å². The summed E-state index contributed by atoms with van der Waals surface area (Å²) in [5.74, 6) is -0.904. The Morgan fingerprint density at radius 2 is 1.79 bits per heavy atom. The first-order chi connectivity index (χ1) is 19.7. The minimum Gasteiger partial charge on any atom is -0.348 e. The lowest BCUT2D eigenvalue weighted by molar-refractivity contribution is -0.137. The lowest BCUT2D eigenvalue weighted by atomic mass is 10.1. The largest absolute Gasteiger partial charge is 0.416 e. The molecular weight excluding hydrogens is 593 g/mol. The molecule has 0 bridgehead atoms. The summed E-state index contributed by atoms with van der Waals surface area (Å²) in [5, 5.41) is 11.6. The number of carbonyl (C=O) groups is 1. The molecule has 2 aromatic carbocycles. The van der Waals surface area contributed by atoms with E-state index in [1.165, 1.54) is 55.6 Å². The number of benzene rings is 2. The van der Waals surface area contributed by atoms with Crippen molar-refractivity contribution in [2.45, 2.75) is 34.5 Å². The molecule has 1 amide bonds. The monoisotopic (exact) mass is 614 g/mol. The van der Waals surface area contributed by atoms with Gasteiger partial charge in [-0.3, -0.25) is 14.2 Å². The van der Waals surface area contributed by atoms with E-state index >= 15 is 0 Å². The zero-order valence-electron chi connectivity index (χ0n) is 22.0. The molecule has 0 aliphatic carbocycles. The molecule has 42 heavy (non-hydrogen) atoms. The normalized spacial score (nSPS) is 12.4. The first kappa shape index (κ1) is 30.4. The molecular formula is C28H21F3N4O5S2. The fourth-order valence-corrected chi connectivity index (χ4v) is 5.74. The van der Waals surface area contributed by atoms with Crippen LogP contribution >= 0.6 is 0 Å². The fraction of sp³-hybridized carbons (Fsp3) is 0.143. The van der Waals surface area contributed by atoms with Gasteiger partial charge in [0.25, 0.3) is 11.5 Å². The van der Waals surface area contributed by atoms with Gasteiger partial charge >= 0.3 is 6.18 Å². The molecule has 0 aliphatic rings. The number of hydrogen-bond acceptors (Lipinski definition) is 7. The first-order valence-corrected chi connectivity index (χ1v) is 15.0. The number of aromatic nitrogens is 2. The second-order valence-corrected chi connectivity index (χ2v) is 12.5. The number of sulfone groups is 1. The van der Waals surface area contributed by atoms with Crippen molar-refractivity contribution >= 4 is 26.5 Å². The van der Waals surface area contributed by atoms with E-state index in [1.54, 1.807) is 0 Å². The summed E-state index contributed by atoms with van der Waals surface area (Å²) in [6, 6.07) is 15.3. The van der Waals surface area contributed by atoms with E-state index in [0.717, 1.165) is 35.1 Å². The molecule has 1 N–H and O–H groups in total. The van der Waals surface area contributed by atoms with Crippen LogP contribution in [-0.4, -0.2) is 34.3 Å². The van der Waals surface area contributed by atoms with Gasteiger partial charge in [0.15, 0.2) is 9.84 Å². The van der Waals surface area contributed by atoms with E-state index in [9.17, 15) is 35.4 Å². The molecule has 0 aliphatic heterocycles. The minimum atomic E-state index is -4.72. The number of hydrogen-bond donors (Lipinski definition) is 1. The maximum Gasteiger partial charge on any atom is 0.416 e. The lowest BCUT2D eigenvalue weighted by Crippen LogP contribution is -2.34. The zero-order valence-corrected chi connectivity index (χ0v) is 23.6. The fourth-order valence-electron chi connectivity index (χ4n) is 3.96. The van der Waals surface area contributed by atoms with Crippen LogP contribution < -0.4 is 10.9 Å². The van der Waals surface area contributed by atoms with Crippen LogP contribution in [0.4, 0.5) is 13.2 Å². The molecule has 2 aromatic heterocycles. The molecule has 0 saturated heterocycles. The Morgan fingerprint density at radius 3 is 2.36 bits per heavy atom. The Hall–Kier alpha value is -4.61. The van der Waals surface area contributed by atoms with E-state index in [4.69, 9.17) is 5.26 Å². The average Bonchev–Trinajstić information content (AvgIpc) is 2.95. The number of carbonyl (C=O) groups excluding carboxylic acids is 1. The van der Waals surface area contributed by atoms with E-state index in [2.05, 4.69) is 10.3 Å². The number of pyridine rings is 2. The van der Waals surface area contributed by atoms with Gasteiger partial charge < -0.3 is 5.32 Å². The van der Waals surface area contributed by atoms with Crippen molar-refractivity contribution in [3.63, 3.8) is 0 Å². The molecule has 14 heteroatoms. The topological polar surface area (TPSA) is 139 Å². The second-order valence-electron chi connectivity index (χ2n) is 9.06. The third-order valence-corrected chi connectivity index (χ3v) is 8.70. The van der Waals surface area contributed by atoms with Crippen molar-refractivity contribution in [2.75, 3.05) is 6.26 Å². The summed E-state index contributed by atoms with van der Waals surface area (Å²) in [5.41, 5.74) is -1.97. The maximum absolute atomic E-state index is 13.6. The highest BCUT2D eigenvalue weighted by molar-refractivity contribution is 7.90. The smallest absolute Gasteiger partial charge is 0.348 e. The van der Waals surface area contributed by atoms with Gasteiger partial charge in [0.2, 0.25) is 0 Å². The van der Waals surface area contributed by atoms with E-state index in [-0.39, 0.29) is 38.3 Å². The number of amides is 1. The van der Waals surface area contributed by atoms with Crippen molar-refractivity contribution in [2.24, 2.45) is 0 Å². The molecule has 216 valence electrons. The molecule has 1 unspecified atom stereocenters. The van der Waals surface area contributed by atoms with Gasteiger partial charge in [0.1, 0.15) is 27.5 Å². The van der Waals surface area contributed by atoms with Crippen molar-refractivity contribution in [3.05, 3.63) is 111 Å². The molecule has 4 rings (SSSR count). The molecule has 0 saturated carbocycles. The number of nitrogens with one attached hydrogen (secondary N) is 1. The van der Waals surface area contributed by atoms with Crippen LogP contribution in [0.15, 0.2) is 92.5 Å². The van der Waals surface area contributed by atoms with Gasteiger partial charge in [-0.25, -0.2) is 17.6 Å². The highest BCUT2D eigenvalue weighted by atomic mass is 32.2. The molecule has 0 spiro atoms. The molecule has 2 heterocycles. The first-order valence-electron chi connectivity index (χ1n) is 12.0. The summed E-state index contributed by atoms with van der Waals surface area (Å²) in [6.45, 7) is 1.26. The van der Waals surface area contributed by atoms with Gasteiger partial charge in [-0.1, -0.05) is 18.2 Å². The summed E-state index contributed by atoms with van der Waals surface area (Å²) in [4.78, 5) is 30.8. The van der Waals surface area contributed by atoms with Crippen LogP contribution in [0.5, 0.6) is 0 Å². The Morgan fingerprint density at radius 1 is 1.10 bits per heavy atom. The molecule has 0 radical (unpaired) electrons. The second kappa shape index (κ2) is 11.7. The van der Waals surface area contributed by atoms with E-state index in [1.807, 2.05) is 6.07 Å². The zero-order chi connectivity index (χ0) is 30.8. The molecule has 4 aromatic rings. The predicted molar refractivity (Wildman–Crippen MR) is 146 cm³/mol. The van der Waals surface area contributed by atoms with Crippen LogP contribution in [0.3, 0.4) is 0 Å². The summed E-state index contributed by atoms with van der Waals surface area (Å²) in [6.07, 6.45) is -2.48. The van der Waals surface area contributed by atoms with Crippen LogP contribution in [-0.2, 0) is 33.4 Å². The van der Waals surface area contributed by atoms with Crippen molar-refractivity contribution in [1.29, 1.82) is 5.26 Å². The standard InChI is InChI=1S/C28H21F3N4O5S2/c1-17-24(41(38)25-11-8-19(14-32)16-33-25)13-23(26(36)34-15-18-6-9-22(10-7-18)42(2,39)40)27(37)35(17)21-5-3-4-20(12-21)28(29,30)31/h3-13,16H,15H2,1-2H3,(H,34,36). The van der Waals surface area contributed by atoms with Crippen molar-refractivity contribution < 1.29 is 30.6 Å². The van der Waals surface area contributed by atoms with E-state index < -0.39 is 49.4 Å². The number of rotatable bonds is 7. The Labute approximate surface area is 240 Å². The highest BCUT2D eigenvalue weighted by Gasteiger charge is 2.31. The average molecular weight is 615 g/mol. The van der Waals surface area contributed by atoms with E-state index in [0.29, 0.717) is 5.56 Å². The van der Waals surface area contributed by atoms with Gasteiger partial charge in [0, 0.05) is 30.4 Å². The number of nitrogens with zero attached hydrogens (tertiary/aromatic N) is 3. The van der Waals surface area contributed by atoms with Gasteiger partial charge in [-0.15, -0.1) is 0 Å². The quantitative estimate of drug-likeness (QED) is 0.333. The maximum atomic E-state index is 13.6. The third kappa shape index (κ3) is 6.48. The summed E-state index contributed by atoms with van der Waals surface area (Å²) in [7, 11) is -5.54. The lowest BCUT2D eigenvalue weighted by Gasteiger charge is -2.17. The van der Waals surface area contributed by atoms with Crippen LogP contribution in [0.25, 0.3) is 5.69 Å². The SMILES string of the molecule is Cc1c(S(=O)c2ccc(C#N)cn2)cc(C(=O)NCc2ccc(S(C)(=O)=O)cc2)c(=O)n1-c1cccc(C(F)(F)F)c1. The number of alkyl halides is 3. The van der Waals surface area contributed by atoms with Crippen LogP contribution in [0.1, 0.15) is 32.7 Å². The Kier molecular flexibility index (Phi) is 8.46. The van der Waals surface area contributed by atoms with Gasteiger partial charge in [-0.05, 0) is 61.0 Å². The highest BCUT2D eigenvalue weighted by Crippen LogP contribution is 2.31. The molecule has 9 nitrogen and oxygen atoms in total. The molecule has 1 atom stereocenters. The third-order valence-electron chi connectivity index (χ3n) is 6.14. The number of halogens is 3. The summed E-state index contributed by atoms with van der Waals surface area (Å²) >= 11 is 0. The number of nitriles is 1. The minimum absolute atomic E-state index is 0.0105.